The largest absolute Gasteiger partial charge is 0.415 e. The lowest BCUT2D eigenvalue weighted by Gasteiger charge is -2.22. The second-order valence-electron chi connectivity index (χ2n) is 7.41. The normalized spacial score (nSPS) is 17.1. The van der Waals surface area contributed by atoms with Crippen LogP contribution in [0.3, 0.4) is 0 Å². The number of hydrogen-bond acceptors (Lipinski definition) is 4. The SMILES string of the molecule is Cc1ccc(C(C)C)c(OC(=O)N2CCCC2)c1OC(=O)N1CCCC1. The van der Waals surface area contributed by atoms with Gasteiger partial charge in [-0.15, -0.1) is 0 Å². The number of aryl methyl sites for hydroxylation is 1. The molecule has 6 heteroatoms. The first-order valence-corrected chi connectivity index (χ1v) is 9.54. The van der Waals surface area contributed by atoms with Crippen molar-refractivity contribution in [2.24, 2.45) is 0 Å². The molecule has 2 fully saturated rings. The highest BCUT2D eigenvalue weighted by Gasteiger charge is 2.27. The fraction of sp³-hybridized carbons (Fsp3) is 0.600. The van der Waals surface area contributed by atoms with E-state index in [0.717, 1.165) is 36.8 Å². The molecule has 2 amide bonds. The molecule has 0 saturated carbocycles. The third-order valence-electron chi connectivity index (χ3n) is 5.07. The fourth-order valence-electron chi connectivity index (χ4n) is 3.47. The van der Waals surface area contributed by atoms with Crippen LogP contribution in [-0.2, 0) is 0 Å². The van der Waals surface area contributed by atoms with Gasteiger partial charge >= 0.3 is 12.2 Å². The summed E-state index contributed by atoms with van der Waals surface area (Å²) in [5.74, 6) is 0.881. The number of hydrogen-bond donors (Lipinski definition) is 0. The Balaban J connectivity index is 1.89. The molecule has 0 aliphatic carbocycles. The van der Waals surface area contributed by atoms with Crippen molar-refractivity contribution >= 4 is 12.2 Å². The van der Waals surface area contributed by atoms with Crippen molar-refractivity contribution in [3.05, 3.63) is 23.3 Å². The quantitative estimate of drug-likeness (QED) is 0.806. The van der Waals surface area contributed by atoms with E-state index in [2.05, 4.69) is 0 Å². The Bertz CT molecular complexity index is 675. The van der Waals surface area contributed by atoms with Crippen LogP contribution in [0.15, 0.2) is 12.1 Å². The molecule has 26 heavy (non-hydrogen) atoms. The maximum Gasteiger partial charge on any atom is 0.415 e. The van der Waals surface area contributed by atoms with Gasteiger partial charge in [0.05, 0.1) is 0 Å². The lowest BCUT2D eigenvalue weighted by atomic mass is 9.99. The molecule has 0 bridgehead atoms. The first-order chi connectivity index (χ1) is 12.5. The molecule has 3 rings (SSSR count). The summed E-state index contributed by atoms with van der Waals surface area (Å²) in [7, 11) is 0. The predicted molar refractivity (Wildman–Crippen MR) is 98.9 cm³/mol. The third-order valence-corrected chi connectivity index (χ3v) is 5.07. The molecule has 0 radical (unpaired) electrons. The van der Waals surface area contributed by atoms with E-state index in [0.29, 0.717) is 37.7 Å². The van der Waals surface area contributed by atoms with Crippen LogP contribution in [0.4, 0.5) is 9.59 Å². The van der Waals surface area contributed by atoms with Gasteiger partial charge < -0.3 is 19.3 Å². The highest BCUT2D eigenvalue weighted by Crippen LogP contribution is 2.39. The Hall–Kier alpha value is -2.24. The smallest absolute Gasteiger partial charge is 0.406 e. The van der Waals surface area contributed by atoms with Gasteiger partial charge in [0.15, 0.2) is 11.5 Å². The number of ether oxygens (including phenoxy) is 2. The van der Waals surface area contributed by atoms with Crippen molar-refractivity contribution in [3.8, 4) is 11.5 Å². The molecule has 0 aromatic heterocycles. The van der Waals surface area contributed by atoms with Crippen LogP contribution >= 0.6 is 0 Å². The summed E-state index contributed by atoms with van der Waals surface area (Å²) in [5.41, 5.74) is 1.65. The predicted octanol–water partition coefficient (Wildman–Crippen LogP) is 4.31. The molecule has 0 N–H and O–H groups in total. The summed E-state index contributed by atoms with van der Waals surface area (Å²) in [4.78, 5) is 28.5. The number of carbonyl (C=O) groups is 2. The number of carbonyl (C=O) groups excluding carboxylic acids is 2. The first-order valence-electron chi connectivity index (χ1n) is 9.54. The van der Waals surface area contributed by atoms with Crippen LogP contribution in [0, 0.1) is 6.92 Å². The summed E-state index contributed by atoms with van der Waals surface area (Å²) in [6, 6.07) is 3.86. The Morgan fingerprint density at radius 3 is 1.77 bits per heavy atom. The van der Waals surface area contributed by atoms with Gasteiger partial charge in [0.1, 0.15) is 0 Å². The Labute approximate surface area is 155 Å². The third kappa shape index (κ3) is 3.94. The molecule has 1 aromatic rings. The minimum Gasteiger partial charge on any atom is -0.406 e. The van der Waals surface area contributed by atoms with Crippen LogP contribution in [0.5, 0.6) is 11.5 Å². The Morgan fingerprint density at radius 1 is 0.846 bits per heavy atom. The number of rotatable bonds is 3. The molecule has 2 aliphatic rings. The topological polar surface area (TPSA) is 59.1 Å². The van der Waals surface area contributed by atoms with Crippen molar-refractivity contribution in [2.45, 2.75) is 52.4 Å². The van der Waals surface area contributed by atoms with E-state index in [1.807, 2.05) is 32.9 Å². The van der Waals surface area contributed by atoms with Crippen molar-refractivity contribution < 1.29 is 19.1 Å². The molecule has 0 unspecified atom stereocenters. The van der Waals surface area contributed by atoms with Crippen LogP contribution in [0.2, 0.25) is 0 Å². The summed E-state index contributed by atoms with van der Waals surface area (Å²) in [6.07, 6.45) is 3.25. The summed E-state index contributed by atoms with van der Waals surface area (Å²) >= 11 is 0. The molecule has 0 atom stereocenters. The summed E-state index contributed by atoms with van der Waals surface area (Å²) in [6.45, 7) is 8.78. The second-order valence-corrected chi connectivity index (χ2v) is 7.41. The molecule has 0 spiro atoms. The zero-order valence-corrected chi connectivity index (χ0v) is 15.9. The van der Waals surface area contributed by atoms with E-state index in [1.54, 1.807) is 9.80 Å². The van der Waals surface area contributed by atoms with E-state index < -0.39 is 0 Å². The minimum atomic E-state index is -0.370. The summed E-state index contributed by atoms with van der Waals surface area (Å²) < 4.78 is 11.5. The lowest BCUT2D eigenvalue weighted by molar-refractivity contribution is 0.151. The lowest BCUT2D eigenvalue weighted by Crippen LogP contribution is -2.32. The number of amides is 2. The molecule has 2 aliphatic heterocycles. The number of likely N-dealkylation sites (tertiary alicyclic amines) is 2. The number of benzene rings is 1. The first kappa shape index (κ1) is 18.5. The van der Waals surface area contributed by atoms with Crippen LogP contribution in [-0.4, -0.2) is 48.2 Å². The molecule has 2 saturated heterocycles. The van der Waals surface area contributed by atoms with E-state index >= 15 is 0 Å². The average Bonchev–Trinajstić information content (AvgIpc) is 3.31. The van der Waals surface area contributed by atoms with E-state index in [9.17, 15) is 9.59 Å². The highest BCUT2D eigenvalue weighted by atomic mass is 16.6. The molecule has 142 valence electrons. The standard InChI is InChI=1S/C20H28N2O4/c1-14(2)16-9-8-15(3)17(25-19(23)21-10-4-5-11-21)18(16)26-20(24)22-12-6-7-13-22/h8-9,14H,4-7,10-13H2,1-3H3. The van der Waals surface area contributed by atoms with Gasteiger partial charge in [0.2, 0.25) is 0 Å². The fourth-order valence-corrected chi connectivity index (χ4v) is 3.47. The van der Waals surface area contributed by atoms with Crippen molar-refractivity contribution in [2.75, 3.05) is 26.2 Å². The van der Waals surface area contributed by atoms with Gasteiger partial charge in [0.25, 0.3) is 0 Å². The van der Waals surface area contributed by atoms with Gasteiger partial charge in [-0.05, 0) is 44.1 Å². The van der Waals surface area contributed by atoms with Gasteiger partial charge in [0, 0.05) is 31.7 Å². The van der Waals surface area contributed by atoms with Crippen LogP contribution in [0.25, 0.3) is 0 Å². The minimum absolute atomic E-state index is 0.140. The Morgan fingerprint density at radius 2 is 1.31 bits per heavy atom. The van der Waals surface area contributed by atoms with Crippen molar-refractivity contribution in [1.29, 1.82) is 0 Å². The van der Waals surface area contributed by atoms with Gasteiger partial charge in [-0.3, -0.25) is 0 Å². The zero-order valence-electron chi connectivity index (χ0n) is 15.9. The van der Waals surface area contributed by atoms with Crippen LogP contribution < -0.4 is 9.47 Å². The maximum absolute atomic E-state index is 12.5. The van der Waals surface area contributed by atoms with Gasteiger partial charge in [-0.2, -0.15) is 0 Å². The zero-order chi connectivity index (χ0) is 18.7. The molecule has 2 heterocycles. The van der Waals surface area contributed by atoms with Gasteiger partial charge in [-0.25, -0.2) is 9.59 Å². The summed E-state index contributed by atoms with van der Waals surface area (Å²) in [5, 5.41) is 0. The van der Waals surface area contributed by atoms with Crippen molar-refractivity contribution in [1.82, 2.24) is 9.80 Å². The van der Waals surface area contributed by atoms with Gasteiger partial charge in [-0.1, -0.05) is 26.0 Å². The number of nitrogens with zero attached hydrogens (tertiary/aromatic N) is 2. The molecule has 6 nitrogen and oxygen atoms in total. The maximum atomic E-state index is 12.5. The monoisotopic (exact) mass is 360 g/mol. The molecule has 1 aromatic carbocycles. The molecular weight excluding hydrogens is 332 g/mol. The van der Waals surface area contributed by atoms with E-state index in [4.69, 9.17) is 9.47 Å². The highest BCUT2D eigenvalue weighted by molar-refractivity contribution is 5.76. The van der Waals surface area contributed by atoms with E-state index in [-0.39, 0.29) is 18.1 Å². The van der Waals surface area contributed by atoms with E-state index in [1.165, 1.54) is 0 Å². The van der Waals surface area contributed by atoms with Crippen LogP contribution in [0.1, 0.15) is 56.6 Å². The second kappa shape index (κ2) is 7.98. The van der Waals surface area contributed by atoms with Crippen molar-refractivity contribution in [3.63, 3.8) is 0 Å². The molecular formula is C20H28N2O4. The average molecular weight is 360 g/mol. The Kier molecular flexibility index (Phi) is 5.69.